The third kappa shape index (κ3) is 3.30. The van der Waals surface area contributed by atoms with Crippen LogP contribution in [-0.2, 0) is 6.42 Å². The lowest BCUT2D eigenvalue weighted by molar-refractivity contribution is 0.592. The summed E-state index contributed by atoms with van der Waals surface area (Å²) in [6, 6.07) is 0. The molecule has 0 spiro atoms. The van der Waals surface area contributed by atoms with Gasteiger partial charge in [0.05, 0.1) is 5.69 Å². The Morgan fingerprint density at radius 1 is 1.53 bits per heavy atom. The first-order chi connectivity index (χ1) is 7.19. The predicted molar refractivity (Wildman–Crippen MR) is 59.7 cm³/mol. The summed E-state index contributed by atoms with van der Waals surface area (Å²) in [6.45, 7) is 4.46. The molecule has 84 valence electrons. The first-order valence-electron chi connectivity index (χ1n) is 4.98. The number of nitrogens with zero attached hydrogens (tertiary/aromatic N) is 2. The monoisotopic (exact) mass is 231 g/mol. The molecule has 3 nitrogen and oxygen atoms in total. The molecular formula is C10H15ClFN3. The molecule has 0 fully saturated rings. The van der Waals surface area contributed by atoms with Crippen LogP contribution in [0, 0.1) is 11.7 Å². The first kappa shape index (κ1) is 12.2. The number of aryl methyl sites for hydroxylation is 1. The summed E-state index contributed by atoms with van der Waals surface area (Å²) in [6.07, 6.45) is 1.93. The fourth-order valence-corrected chi connectivity index (χ4v) is 1.21. The SMILES string of the molecule is CCc1ncnc(NCC(C)CCl)c1F. The Balaban J connectivity index is 2.68. The van der Waals surface area contributed by atoms with E-state index < -0.39 is 0 Å². The lowest BCUT2D eigenvalue weighted by Crippen LogP contribution is -2.15. The van der Waals surface area contributed by atoms with Gasteiger partial charge in [-0.2, -0.15) is 0 Å². The number of alkyl halides is 1. The van der Waals surface area contributed by atoms with E-state index in [0.29, 0.717) is 24.5 Å². The number of nitrogens with one attached hydrogen (secondary N) is 1. The van der Waals surface area contributed by atoms with Gasteiger partial charge in [-0.1, -0.05) is 13.8 Å². The number of halogens is 2. The van der Waals surface area contributed by atoms with Crippen molar-refractivity contribution in [1.82, 2.24) is 9.97 Å². The number of rotatable bonds is 5. The zero-order valence-corrected chi connectivity index (χ0v) is 9.68. The minimum absolute atomic E-state index is 0.263. The molecule has 15 heavy (non-hydrogen) atoms. The summed E-state index contributed by atoms with van der Waals surface area (Å²) in [5.74, 6) is 0.729. The molecule has 0 aliphatic rings. The normalized spacial score (nSPS) is 12.5. The summed E-state index contributed by atoms with van der Waals surface area (Å²) in [5, 5.41) is 2.93. The van der Waals surface area contributed by atoms with Gasteiger partial charge in [-0.05, 0) is 12.3 Å². The zero-order valence-electron chi connectivity index (χ0n) is 8.93. The van der Waals surface area contributed by atoms with Crippen molar-refractivity contribution in [2.75, 3.05) is 17.7 Å². The minimum Gasteiger partial charge on any atom is -0.367 e. The van der Waals surface area contributed by atoms with Crippen molar-refractivity contribution in [2.24, 2.45) is 5.92 Å². The fourth-order valence-electron chi connectivity index (χ4n) is 1.10. The highest BCUT2D eigenvalue weighted by molar-refractivity contribution is 6.18. The molecule has 0 aromatic carbocycles. The van der Waals surface area contributed by atoms with Gasteiger partial charge in [0.1, 0.15) is 6.33 Å². The molecule has 0 saturated heterocycles. The third-order valence-corrected chi connectivity index (χ3v) is 2.60. The minimum atomic E-state index is -0.359. The molecule has 1 rings (SSSR count). The van der Waals surface area contributed by atoms with Crippen molar-refractivity contribution < 1.29 is 4.39 Å². The average molecular weight is 232 g/mol. The van der Waals surface area contributed by atoms with Crippen LogP contribution in [0.1, 0.15) is 19.5 Å². The topological polar surface area (TPSA) is 37.8 Å². The van der Waals surface area contributed by atoms with E-state index in [0.717, 1.165) is 0 Å². The van der Waals surface area contributed by atoms with Crippen LogP contribution in [0.5, 0.6) is 0 Å². The molecule has 1 aromatic heterocycles. The Morgan fingerprint density at radius 2 is 2.27 bits per heavy atom. The van der Waals surface area contributed by atoms with Crippen LogP contribution < -0.4 is 5.32 Å². The highest BCUT2D eigenvalue weighted by Crippen LogP contribution is 2.13. The zero-order chi connectivity index (χ0) is 11.3. The molecule has 0 aliphatic carbocycles. The molecule has 0 bridgehead atoms. The lowest BCUT2D eigenvalue weighted by atomic mass is 10.2. The van der Waals surface area contributed by atoms with Crippen LogP contribution in [0.4, 0.5) is 10.2 Å². The molecule has 0 amide bonds. The predicted octanol–water partition coefficient (Wildman–Crippen LogP) is 2.46. The van der Waals surface area contributed by atoms with Crippen molar-refractivity contribution in [1.29, 1.82) is 0 Å². The van der Waals surface area contributed by atoms with Gasteiger partial charge in [0, 0.05) is 12.4 Å². The number of anilines is 1. The van der Waals surface area contributed by atoms with Crippen LogP contribution in [0.15, 0.2) is 6.33 Å². The van der Waals surface area contributed by atoms with Crippen LogP contribution in [0.2, 0.25) is 0 Å². The molecule has 1 atom stereocenters. The van der Waals surface area contributed by atoms with Gasteiger partial charge in [-0.15, -0.1) is 11.6 Å². The van der Waals surface area contributed by atoms with Crippen LogP contribution in [0.25, 0.3) is 0 Å². The van der Waals surface area contributed by atoms with Crippen LogP contribution in [-0.4, -0.2) is 22.4 Å². The Bertz CT molecular complexity index is 320. The number of aromatic nitrogens is 2. The van der Waals surface area contributed by atoms with Gasteiger partial charge in [-0.3, -0.25) is 0 Å². The van der Waals surface area contributed by atoms with E-state index in [1.807, 2.05) is 13.8 Å². The van der Waals surface area contributed by atoms with Gasteiger partial charge in [-0.25, -0.2) is 14.4 Å². The van der Waals surface area contributed by atoms with Gasteiger partial charge in [0.25, 0.3) is 0 Å². The van der Waals surface area contributed by atoms with Crippen molar-refractivity contribution >= 4 is 17.4 Å². The summed E-state index contributed by atoms with van der Waals surface area (Å²) >= 11 is 5.65. The molecule has 5 heteroatoms. The Hall–Kier alpha value is -0.900. The quantitative estimate of drug-likeness (QED) is 0.792. The summed E-state index contributed by atoms with van der Waals surface area (Å²) < 4.78 is 13.6. The fraction of sp³-hybridized carbons (Fsp3) is 0.600. The van der Waals surface area contributed by atoms with Crippen LogP contribution in [0.3, 0.4) is 0 Å². The molecule has 0 radical (unpaired) electrons. The standard InChI is InChI=1S/C10H15ClFN3/c1-3-8-9(12)10(15-6-14-8)13-5-7(2)4-11/h6-7H,3-5H2,1-2H3,(H,13,14,15). The highest BCUT2D eigenvalue weighted by atomic mass is 35.5. The van der Waals surface area contributed by atoms with E-state index in [4.69, 9.17) is 11.6 Å². The van der Waals surface area contributed by atoms with Gasteiger partial charge in [0.15, 0.2) is 11.6 Å². The van der Waals surface area contributed by atoms with E-state index in [9.17, 15) is 4.39 Å². The summed E-state index contributed by atoms with van der Waals surface area (Å²) in [7, 11) is 0. The third-order valence-electron chi connectivity index (χ3n) is 2.08. The molecular weight excluding hydrogens is 217 g/mol. The largest absolute Gasteiger partial charge is 0.367 e. The summed E-state index contributed by atoms with van der Waals surface area (Å²) in [4.78, 5) is 7.71. The maximum atomic E-state index is 13.6. The molecule has 1 N–H and O–H groups in total. The van der Waals surface area contributed by atoms with Crippen LogP contribution >= 0.6 is 11.6 Å². The maximum Gasteiger partial charge on any atom is 0.186 e. The number of hydrogen-bond donors (Lipinski definition) is 1. The van der Waals surface area contributed by atoms with Crippen molar-refractivity contribution in [3.8, 4) is 0 Å². The van der Waals surface area contributed by atoms with E-state index in [2.05, 4.69) is 15.3 Å². The molecule has 1 heterocycles. The Morgan fingerprint density at radius 3 is 2.87 bits per heavy atom. The smallest absolute Gasteiger partial charge is 0.186 e. The number of hydrogen-bond acceptors (Lipinski definition) is 3. The molecule has 1 aromatic rings. The maximum absolute atomic E-state index is 13.6. The van der Waals surface area contributed by atoms with Gasteiger partial charge >= 0.3 is 0 Å². The molecule has 1 unspecified atom stereocenters. The molecule has 0 saturated carbocycles. The van der Waals surface area contributed by atoms with Gasteiger partial charge in [0.2, 0.25) is 0 Å². The Kier molecular flexibility index (Phi) is 4.75. The summed E-state index contributed by atoms with van der Waals surface area (Å²) in [5.41, 5.74) is 0.436. The second-order valence-corrected chi connectivity index (χ2v) is 3.79. The second kappa shape index (κ2) is 5.85. The van der Waals surface area contributed by atoms with Crippen molar-refractivity contribution in [2.45, 2.75) is 20.3 Å². The van der Waals surface area contributed by atoms with E-state index in [-0.39, 0.29) is 17.6 Å². The van der Waals surface area contributed by atoms with E-state index in [1.165, 1.54) is 6.33 Å². The van der Waals surface area contributed by atoms with E-state index >= 15 is 0 Å². The van der Waals surface area contributed by atoms with E-state index in [1.54, 1.807) is 0 Å². The Labute approximate surface area is 94.1 Å². The second-order valence-electron chi connectivity index (χ2n) is 3.48. The van der Waals surface area contributed by atoms with Crippen molar-refractivity contribution in [3.63, 3.8) is 0 Å². The average Bonchev–Trinajstić information content (AvgIpc) is 2.27. The first-order valence-corrected chi connectivity index (χ1v) is 5.51. The highest BCUT2D eigenvalue weighted by Gasteiger charge is 2.09. The molecule has 0 aliphatic heterocycles. The lowest BCUT2D eigenvalue weighted by Gasteiger charge is -2.11. The van der Waals surface area contributed by atoms with Gasteiger partial charge < -0.3 is 5.32 Å². The van der Waals surface area contributed by atoms with Crippen molar-refractivity contribution in [3.05, 3.63) is 17.8 Å².